The van der Waals surface area contributed by atoms with Gasteiger partial charge in [-0.25, -0.2) is 4.79 Å². The van der Waals surface area contributed by atoms with Crippen LogP contribution in [0.1, 0.15) is 32.6 Å². The topological polar surface area (TPSA) is 67.4 Å². The molecule has 102 valence electrons. The first-order valence-electron chi connectivity index (χ1n) is 6.38. The molecule has 18 heavy (non-hydrogen) atoms. The molecule has 0 bridgehead atoms. The zero-order chi connectivity index (χ0) is 13.4. The second kappa shape index (κ2) is 7.87. The highest BCUT2D eigenvalue weighted by atomic mass is 16.5. The van der Waals surface area contributed by atoms with E-state index >= 15 is 0 Å². The highest BCUT2D eigenvalue weighted by molar-refractivity contribution is 5.87. The Balaban J connectivity index is 1.97. The lowest BCUT2D eigenvalue weighted by Crippen LogP contribution is -2.26. The molecular formula is C13H22N2O3. The average molecular weight is 254 g/mol. The smallest absolute Gasteiger partial charge is 0.333 e. The summed E-state index contributed by atoms with van der Waals surface area (Å²) in [5.41, 5.74) is 0.594. The van der Waals surface area contributed by atoms with Crippen LogP contribution < -0.4 is 10.6 Å². The number of carbonyl (C=O) groups excluding carboxylic acids is 2. The van der Waals surface area contributed by atoms with Crippen molar-refractivity contribution in [3.8, 4) is 0 Å². The van der Waals surface area contributed by atoms with Gasteiger partial charge in [0, 0.05) is 24.6 Å². The maximum atomic E-state index is 11.4. The highest BCUT2D eigenvalue weighted by Crippen LogP contribution is 2.18. The van der Waals surface area contributed by atoms with Gasteiger partial charge in [0.05, 0.1) is 7.11 Å². The molecule has 0 heterocycles. The van der Waals surface area contributed by atoms with Crippen LogP contribution in [0.3, 0.4) is 0 Å². The molecule has 1 fully saturated rings. The number of rotatable bonds is 8. The predicted molar refractivity (Wildman–Crippen MR) is 69.0 cm³/mol. The first-order chi connectivity index (χ1) is 8.63. The second-order valence-electron chi connectivity index (χ2n) is 4.53. The van der Waals surface area contributed by atoms with Crippen LogP contribution in [-0.4, -0.2) is 38.1 Å². The lowest BCUT2D eigenvalue weighted by Gasteiger charge is -2.04. The van der Waals surface area contributed by atoms with E-state index in [2.05, 4.69) is 15.4 Å². The summed E-state index contributed by atoms with van der Waals surface area (Å²) >= 11 is 0. The van der Waals surface area contributed by atoms with Gasteiger partial charge in [0.15, 0.2) is 0 Å². The Morgan fingerprint density at radius 1 is 1.39 bits per heavy atom. The van der Waals surface area contributed by atoms with Crippen molar-refractivity contribution in [2.24, 2.45) is 0 Å². The highest BCUT2D eigenvalue weighted by Gasteiger charge is 2.22. The van der Waals surface area contributed by atoms with Gasteiger partial charge in [0.2, 0.25) is 5.91 Å². The third-order valence-corrected chi connectivity index (χ3v) is 2.76. The van der Waals surface area contributed by atoms with E-state index in [-0.39, 0.29) is 11.9 Å². The number of amides is 1. The van der Waals surface area contributed by atoms with Gasteiger partial charge in [0.1, 0.15) is 0 Å². The molecule has 1 aliphatic carbocycles. The maximum absolute atomic E-state index is 11.4. The van der Waals surface area contributed by atoms with Crippen molar-refractivity contribution in [1.82, 2.24) is 10.6 Å². The van der Waals surface area contributed by atoms with Gasteiger partial charge in [-0.2, -0.15) is 0 Å². The second-order valence-corrected chi connectivity index (χ2v) is 4.53. The van der Waals surface area contributed by atoms with Gasteiger partial charge in [-0.05, 0) is 32.7 Å². The normalized spacial score (nSPS) is 15.3. The fourth-order valence-corrected chi connectivity index (χ4v) is 1.47. The molecule has 1 amide bonds. The molecule has 0 aliphatic heterocycles. The molecule has 0 saturated heterocycles. The zero-order valence-electron chi connectivity index (χ0n) is 11.1. The lowest BCUT2D eigenvalue weighted by atomic mass is 10.2. The molecule has 0 aromatic carbocycles. The number of methoxy groups -OCH3 is 1. The molecule has 0 radical (unpaired) electrons. The number of esters is 1. The summed E-state index contributed by atoms with van der Waals surface area (Å²) in [7, 11) is 1.37. The number of ether oxygens (including phenoxy) is 1. The molecule has 0 aromatic heterocycles. The van der Waals surface area contributed by atoms with E-state index in [0.29, 0.717) is 24.6 Å². The monoisotopic (exact) mass is 254 g/mol. The van der Waals surface area contributed by atoms with Crippen LogP contribution in [0.5, 0.6) is 0 Å². The molecule has 0 unspecified atom stereocenters. The van der Waals surface area contributed by atoms with Crippen LogP contribution >= 0.6 is 0 Å². The molecular weight excluding hydrogens is 232 g/mol. The van der Waals surface area contributed by atoms with Crippen LogP contribution in [0.2, 0.25) is 0 Å². The van der Waals surface area contributed by atoms with Crippen LogP contribution in [0.15, 0.2) is 11.6 Å². The van der Waals surface area contributed by atoms with Crippen molar-refractivity contribution in [3.63, 3.8) is 0 Å². The summed E-state index contributed by atoms with van der Waals surface area (Å²) in [4.78, 5) is 22.4. The van der Waals surface area contributed by atoms with Crippen LogP contribution in [-0.2, 0) is 14.3 Å². The zero-order valence-corrected chi connectivity index (χ0v) is 11.1. The standard InChI is InChI=1S/C13H22N2O3/c1-10(13(17)18-2)7-9-14-8-3-4-12(16)15-11-5-6-11/h7,11,14H,3-6,8-9H2,1-2H3,(H,15,16). The number of nitrogens with one attached hydrogen (secondary N) is 2. The summed E-state index contributed by atoms with van der Waals surface area (Å²) in [5.74, 6) is -0.166. The van der Waals surface area contributed by atoms with Crippen molar-refractivity contribution in [2.45, 2.75) is 38.6 Å². The molecule has 5 nitrogen and oxygen atoms in total. The van der Waals surface area contributed by atoms with Crippen LogP contribution in [0.4, 0.5) is 0 Å². The third-order valence-electron chi connectivity index (χ3n) is 2.76. The number of carbonyl (C=O) groups is 2. The van der Waals surface area contributed by atoms with E-state index in [1.807, 2.05) is 0 Å². The van der Waals surface area contributed by atoms with E-state index in [4.69, 9.17) is 0 Å². The molecule has 1 rings (SSSR count). The summed E-state index contributed by atoms with van der Waals surface area (Å²) in [6, 6.07) is 0.441. The predicted octanol–water partition coefficient (Wildman–Crippen LogP) is 0.754. The van der Waals surface area contributed by atoms with Gasteiger partial charge >= 0.3 is 5.97 Å². The van der Waals surface area contributed by atoms with Crippen LogP contribution in [0.25, 0.3) is 0 Å². The average Bonchev–Trinajstić information content (AvgIpc) is 3.15. The van der Waals surface area contributed by atoms with Gasteiger partial charge < -0.3 is 15.4 Å². The van der Waals surface area contributed by atoms with Gasteiger partial charge in [-0.15, -0.1) is 0 Å². The Hall–Kier alpha value is -1.36. The maximum Gasteiger partial charge on any atom is 0.333 e. The minimum Gasteiger partial charge on any atom is -0.466 e. The van der Waals surface area contributed by atoms with Crippen molar-refractivity contribution in [2.75, 3.05) is 20.2 Å². The number of hydrogen-bond donors (Lipinski definition) is 2. The summed E-state index contributed by atoms with van der Waals surface area (Å²) < 4.78 is 4.58. The van der Waals surface area contributed by atoms with Crippen molar-refractivity contribution >= 4 is 11.9 Å². The van der Waals surface area contributed by atoms with E-state index in [1.54, 1.807) is 13.0 Å². The Kier molecular flexibility index (Phi) is 6.43. The molecule has 5 heteroatoms. The molecule has 2 N–H and O–H groups in total. The quantitative estimate of drug-likeness (QED) is 0.381. The summed E-state index contributed by atoms with van der Waals surface area (Å²) in [5, 5.41) is 6.10. The third kappa shape index (κ3) is 6.39. The minimum absolute atomic E-state index is 0.139. The molecule has 1 aliphatic rings. The van der Waals surface area contributed by atoms with E-state index < -0.39 is 0 Å². The molecule has 0 spiro atoms. The molecule has 0 atom stereocenters. The first-order valence-corrected chi connectivity index (χ1v) is 6.38. The van der Waals surface area contributed by atoms with Gasteiger partial charge in [-0.3, -0.25) is 4.79 Å². The fourth-order valence-electron chi connectivity index (χ4n) is 1.47. The SMILES string of the molecule is COC(=O)C(C)=CCNCCCC(=O)NC1CC1. The number of hydrogen-bond acceptors (Lipinski definition) is 4. The van der Waals surface area contributed by atoms with Gasteiger partial charge in [-0.1, -0.05) is 6.08 Å². The fraction of sp³-hybridized carbons (Fsp3) is 0.692. The van der Waals surface area contributed by atoms with Crippen molar-refractivity contribution in [3.05, 3.63) is 11.6 Å². The molecule has 0 aromatic rings. The summed E-state index contributed by atoms with van der Waals surface area (Å²) in [6.07, 6.45) is 5.41. The Labute approximate surface area is 108 Å². The Bertz CT molecular complexity index is 322. The van der Waals surface area contributed by atoms with Crippen molar-refractivity contribution in [1.29, 1.82) is 0 Å². The largest absolute Gasteiger partial charge is 0.466 e. The van der Waals surface area contributed by atoms with E-state index in [9.17, 15) is 9.59 Å². The minimum atomic E-state index is -0.305. The van der Waals surface area contributed by atoms with Crippen molar-refractivity contribution < 1.29 is 14.3 Å². The lowest BCUT2D eigenvalue weighted by molar-refractivity contribution is -0.136. The van der Waals surface area contributed by atoms with Gasteiger partial charge in [0.25, 0.3) is 0 Å². The molecule has 1 saturated carbocycles. The Morgan fingerprint density at radius 2 is 2.11 bits per heavy atom. The van der Waals surface area contributed by atoms with E-state index in [1.165, 1.54) is 7.11 Å². The van der Waals surface area contributed by atoms with Crippen LogP contribution in [0, 0.1) is 0 Å². The summed E-state index contributed by atoms with van der Waals surface area (Å²) in [6.45, 7) is 3.10. The first kappa shape index (κ1) is 14.7. The van der Waals surface area contributed by atoms with E-state index in [0.717, 1.165) is 25.8 Å². The Morgan fingerprint density at radius 3 is 2.72 bits per heavy atom.